The molecule has 0 bridgehead atoms. The normalized spacial score (nSPS) is 23.4. The first-order valence-corrected chi connectivity index (χ1v) is 12.7. The standard InChI is InChI=1S/C29H34N6/c1-19-17-25-31-26-20(2)29(3,23-7-5-4-6-8-23)27(32-28(26)35(25)33-19)22-11-9-21(10-12-22)18-34-15-13-24(30)14-16-34/h4-12,17,20,24,33H,13-16,18,30H2,1-3H3/t20-,29+/m1/s1. The maximum absolute atomic E-state index is 6.09. The molecule has 180 valence electrons. The summed E-state index contributed by atoms with van der Waals surface area (Å²) >= 11 is 0. The third-order valence-corrected chi connectivity index (χ3v) is 8.16. The van der Waals surface area contributed by atoms with E-state index in [9.17, 15) is 0 Å². The molecule has 4 heterocycles. The summed E-state index contributed by atoms with van der Waals surface area (Å²) in [4.78, 5) is 12.8. The Hall–Kier alpha value is -3.22. The number of nitrogens with two attached hydrogens (primary N) is 1. The van der Waals surface area contributed by atoms with Crippen molar-refractivity contribution in [3.8, 4) is 0 Å². The SMILES string of the molecule is Cc1cc2nc3c(n2[nH]1)N=C(c1ccc(CN2CCC(N)CC2)cc1)[C@](C)(c1ccccc1)[C@@H]3C. The van der Waals surface area contributed by atoms with Gasteiger partial charge in [0.2, 0.25) is 0 Å². The first kappa shape index (κ1) is 22.3. The van der Waals surface area contributed by atoms with Crippen molar-refractivity contribution in [2.45, 2.75) is 57.5 Å². The summed E-state index contributed by atoms with van der Waals surface area (Å²) in [5.74, 6) is 1.08. The van der Waals surface area contributed by atoms with Crippen LogP contribution in [0.15, 0.2) is 65.7 Å². The summed E-state index contributed by atoms with van der Waals surface area (Å²) in [6, 6.07) is 22.2. The molecule has 0 spiro atoms. The largest absolute Gasteiger partial charge is 0.328 e. The fourth-order valence-electron chi connectivity index (χ4n) is 5.83. The monoisotopic (exact) mass is 466 g/mol. The molecule has 2 aliphatic heterocycles. The number of aromatic nitrogens is 3. The molecule has 4 aromatic rings. The van der Waals surface area contributed by atoms with E-state index in [-0.39, 0.29) is 11.3 Å². The maximum Gasteiger partial charge on any atom is 0.175 e. The van der Waals surface area contributed by atoms with Crippen molar-refractivity contribution in [1.82, 2.24) is 19.5 Å². The lowest BCUT2D eigenvalue weighted by molar-refractivity contribution is 0.205. The van der Waals surface area contributed by atoms with Crippen LogP contribution < -0.4 is 5.73 Å². The summed E-state index contributed by atoms with van der Waals surface area (Å²) in [5.41, 5.74) is 13.7. The predicted octanol–water partition coefficient (Wildman–Crippen LogP) is 5.09. The molecule has 2 aromatic carbocycles. The van der Waals surface area contributed by atoms with Crippen LogP contribution in [0.3, 0.4) is 0 Å². The molecule has 2 atom stereocenters. The highest BCUT2D eigenvalue weighted by atomic mass is 15.3. The second-order valence-electron chi connectivity index (χ2n) is 10.5. The number of likely N-dealkylation sites (tertiary alicyclic amines) is 1. The van der Waals surface area contributed by atoms with Gasteiger partial charge in [-0.1, -0.05) is 61.5 Å². The second kappa shape index (κ2) is 8.47. The lowest BCUT2D eigenvalue weighted by Gasteiger charge is -2.40. The molecule has 35 heavy (non-hydrogen) atoms. The van der Waals surface area contributed by atoms with Gasteiger partial charge < -0.3 is 5.73 Å². The Morgan fingerprint density at radius 1 is 1.06 bits per heavy atom. The molecule has 1 saturated heterocycles. The van der Waals surface area contributed by atoms with Gasteiger partial charge >= 0.3 is 0 Å². The van der Waals surface area contributed by atoms with Gasteiger partial charge in [-0.05, 0) is 56.5 Å². The number of piperidine rings is 1. The minimum atomic E-state index is -0.298. The minimum absolute atomic E-state index is 0.165. The predicted molar refractivity (Wildman–Crippen MR) is 142 cm³/mol. The average Bonchev–Trinajstić information content (AvgIpc) is 3.40. The molecular weight excluding hydrogens is 432 g/mol. The van der Waals surface area contributed by atoms with Gasteiger partial charge in [0.25, 0.3) is 0 Å². The summed E-state index contributed by atoms with van der Waals surface area (Å²) in [7, 11) is 0. The first-order chi connectivity index (χ1) is 16.9. The Morgan fingerprint density at radius 3 is 2.49 bits per heavy atom. The van der Waals surface area contributed by atoms with Gasteiger partial charge in [0.15, 0.2) is 11.5 Å². The summed E-state index contributed by atoms with van der Waals surface area (Å²) in [6.07, 6.45) is 2.17. The van der Waals surface area contributed by atoms with Crippen LogP contribution in [0.1, 0.15) is 60.7 Å². The number of nitrogens with one attached hydrogen (secondary N) is 1. The second-order valence-corrected chi connectivity index (χ2v) is 10.5. The van der Waals surface area contributed by atoms with Crippen LogP contribution in [0.25, 0.3) is 5.65 Å². The molecule has 0 amide bonds. The highest BCUT2D eigenvalue weighted by Gasteiger charge is 2.45. The zero-order chi connectivity index (χ0) is 24.2. The summed E-state index contributed by atoms with van der Waals surface area (Å²) in [5, 5.41) is 3.42. The number of rotatable bonds is 4. The Balaban J connectivity index is 1.42. The van der Waals surface area contributed by atoms with E-state index in [0.717, 1.165) is 66.6 Å². The van der Waals surface area contributed by atoms with Gasteiger partial charge in [-0.15, -0.1) is 0 Å². The van der Waals surface area contributed by atoms with Gasteiger partial charge in [0.1, 0.15) is 0 Å². The number of H-pyrrole nitrogens is 1. The van der Waals surface area contributed by atoms with E-state index in [4.69, 9.17) is 15.7 Å². The molecule has 3 N–H and O–H groups in total. The number of imidazole rings is 1. The van der Waals surface area contributed by atoms with Crippen molar-refractivity contribution >= 4 is 17.2 Å². The molecule has 2 aliphatic rings. The van der Waals surface area contributed by atoms with Gasteiger partial charge in [-0.25, -0.2) is 14.5 Å². The Labute approximate surface area is 206 Å². The third-order valence-electron chi connectivity index (χ3n) is 8.16. The first-order valence-electron chi connectivity index (χ1n) is 12.7. The van der Waals surface area contributed by atoms with Gasteiger partial charge in [0.05, 0.1) is 11.4 Å². The van der Waals surface area contributed by atoms with E-state index in [1.807, 2.05) is 4.52 Å². The van der Waals surface area contributed by atoms with Crippen molar-refractivity contribution in [2.24, 2.45) is 10.7 Å². The number of aliphatic imine (C=N–C) groups is 1. The van der Waals surface area contributed by atoms with E-state index < -0.39 is 0 Å². The molecular formula is C29H34N6. The Morgan fingerprint density at radius 2 is 1.77 bits per heavy atom. The number of aryl methyl sites for hydroxylation is 1. The van der Waals surface area contributed by atoms with Crippen molar-refractivity contribution < 1.29 is 0 Å². The molecule has 1 fully saturated rings. The highest BCUT2D eigenvalue weighted by Crippen LogP contribution is 2.48. The molecule has 6 nitrogen and oxygen atoms in total. The van der Waals surface area contributed by atoms with Crippen molar-refractivity contribution in [3.63, 3.8) is 0 Å². The fourth-order valence-corrected chi connectivity index (χ4v) is 5.83. The van der Waals surface area contributed by atoms with E-state index in [0.29, 0.717) is 6.04 Å². The average molecular weight is 467 g/mol. The zero-order valence-corrected chi connectivity index (χ0v) is 20.8. The molecule has 6 rings (SSSR count). The van der Waals surface area contributed by atoms with Crippen LogP contribution in [-0.2, 0) is 12.0 Å². The van der Waals surface area contributed by atoms with Crippen LogP contribution >= 0.6 is 0 Å². The molecule has 0 unspecified atom stereocenters. The number of fused-ring (bicyclic) bond motifs is 3. The van der Waals surface area contributed by atoms with E-state index in [2.05, 4.69) is 91.4 Å². The number of benzene rings is 2. The van der Waals surface area contributed by atoms with Crippen LogP contribution in [0.4, 0.5) is 5.82 Å². The van der Waals surface area contributed by atoms with E-state index in [1.165, 1.54) is 11.1 Å². The van der Waals surface area contributed by atoms with Crippen LogP contribution in [0.5, 0.6) is 0 Å². The number of hydrogen-bond donors (Lipinski definition) is 2. The number of hydrogen-bond acceptors (Lipinski definition) is 4. The Kier molecular flexibility index (Phi) is 5.38. The molecule has 0 aliphatic carbocycles. The third kappa shape index (κ3) is 3.72. The number of aromatic amines is 1. The topological polar surface area (TPSA) is 74.7 Å². The van der Waals surface area contributed by atoms with Gasteiger partial charge in [-0.2, -0.15) is 0 Å². The quantitative estimate of drug-likeness (QED) is 0.440. The molecule has 0 radical (unpaired) electrons. The fraction of sp³-hybridized carbons (Fsp3) is 0.379. The number of nitrogens with zero attached hydrogens (tertiary/aromatic N) is 4. The van der Waals surface area contributed by atoms with Gasteiger partial charge in [0, 0.05) is 35.7 Å². The summed E-state index contributed by atoms with van der Waals surface area (Å²) in [6.45, 7) is 9.79. The minimum Gasteiger partial charge on any atom is -0.328 e. The smallest absolute Gasteiger partial charge is 0.175 e. The molecule has 2 aromatic heterocycles. The van der Waals surface area contributed by atoms with Crippen molar-refractivity contribution in [1.29, 1.82) is 0 Å². The van der Waals surface area contributed by atoms with Gasteiger partial charge in [-0.3, -0.25) is 10.00 Å². The lowest BCUT2D eigenvalue weighted by atomic mass is 9.65. The lowest BCUT2D eigenvalue weighted by Crippen LogP contribution is -2.41. The van der Waals surface area contributed by atoms with Crippen molar-refractivity contribution in [2.75, 3.05) is 13.1 Å². The molecule has 6 heteroatoms. The molecule has 0 saturated carbocycles. The Bertz CT molecular complexity index is 1370. The van der Waals surface area contributed by atoms with E-state index >= 15 is 0 Å². The van der Waals surface area contributed by atoms with Crippen molar-refractivity contribution in [3.05, 3.63) is 88.7 Å². The highest BCUT2D eigenvalue weighted by molar-refractivity contribution is 6.11. The summed E-state index contributed by atoms with van der Waals surface area (Å²) < 4.78 is 2.03. The van der Waals surface area contributed by atoms with Crippen LogP contribution in [-0.4, -0.2) is 44.3 Å². The van der Waals surface area contributed by atoms with Crippen LogP contribution in [0.2, 0.25) is 0 Å². The van der Waals surface area contributed by atoms with E-state index in [1.54, 1.807) is 0 Å². The maximum atomic E-state index is 6.09. The zero-order valence-electron chi connectivity index (χ0n) is 20.8. The van der Waals surface area contributed by atoms with Crippen LogP contribution in [0, 0.1) is 6.92 Å².